The first kappa shape index (κ1) is 15.0. The topological polar surface area (TPSA) is 49.8 Å². The van der Waals surface area contributed by atoms with Gasteiger partial charge in [0.25, 0.3) is 0 Å². The molecule has 21 heavy (non-hydrogen) atoms. The summed E-state index contributed by atoms with van der Waals surface area (Å²) in [6, 6.07) is 8.25. The molecule has 2 saturated heterocycles. The molecular weight excluding hydrogens is 334 g/mol. The van der Waals surface area contributed by atoms with E-state index < -0.39 is 5.97 Å². The molecule has 4 nitrogen and oxygen atoms in total. The van der Waals surface area contributed by atoms with Crippen molar-refractivity contribution in [2.75, 3.05) is 26.3 Å². The number of carboxylic acids is 1. The second kappa shape index (κ2) is 6.07. The van der Waals surface area contributed by atoms with Crippen LogP contribution in [-0.4, -0.2) is 42.3 Å². The minimum atomic E-state index is -0.657. The normalized spacial score (nSPS) is 25.3. The molecule has 1 spiro atoms. The average Bonchev–Trinajstić information content (AvgIpc) is 2.80. The van der Waals surface area contributed by atoms with Crippen LogP contribution < -0.4 is 0 Å². The van der Waals surface area contributed by atoms with Gasteiger partial charge in [0, 0.05) is 42.7 Å². The van der Waals surface area contributed by atoms with Crippen molar-refractivity contribution in [1.29, 1.82) is 0 Å². The first-order chi connectivity index (χ1) is 10.1. The molecule has 0 unspecified atom stereocenters. The quantitative estimate of drug-likeness (QED) is 0.907. The maximum Gasteiger partial charge on any atom is 0.308 e. The van der Waals surface area contributed by atoms with Crippen LogP contribution >= 0.6 is 15.9 Å². The van der Waals surface area contributed by atoms with Crippen LogP contribution in [0.15, 0.2) is 28.7 Å². The van der Waals surface area contributed by atoms with Crippen LogP contribution in [0.25, 0.3) is 0 Å². The molecule has 2 aliphatic rings. The van der Waals surface area contributed by atoms with Crippen molar-refractivity contribution < 1.29 is 14.6 Å². The van der Waals surface area contributed by atoms with E-state index in [1.807, 2.05) is 12.1 Å². The van der Waals surface area contributed by atoms with E-state index in [0.717, 1.165) is 30.4 Å². The van der Waals surface area contributed by atoms with Crippen LogP contribution in [0.4, 0.5) is 0 Å². The molecule has 2 heterocycles. The van der Waals surface area contributed by atoms with Gasteiger partial charge in [-0.1, -0.05) is 28.1 Å². The maximum atomic E-state index is 11.6. The van der Waals surface area contributed by atoms with E-state index in [2.05, 4.69) is 33.0 Å². The maximum absolute atomic E-state index is 11.6. The smallest absolute Gasteiger partial charge is 0.308 e. The molecule has 2 fully saturated rings. The van der Waals surface area contributed by atoms with E-state index in [4.69, 9.17) is 4.74 Å². The molecule has 0 aliphatic carbocycles. The lowest BCUT2D eigenvalue weighted by atomic mass is 9.72. The van der Waals surface area contributed by atoms with Gasteiger partial charge in [0.15, 0.2) is 0 Å². The third kappa shape index (κ3) is 3.15. The van der Waals surface area contributed by atoms with Crippen LogP contribution in [0.2, 0.25) is 0 Å². The van der Waals surface area contributed by atoms with Crippen LogP contribution in [0.1, 0.15) is 18.4 Å². The number of carboxylic acid groups (broad SMARTS) is 1. The Kier molecular flexibility index (Phi) is 4.33. The van der Waals surface area contributed by atoms with Crippen molar-refractivity contribution in [2.24, 2.45) is 11.3 Å². The van der Waals surface area contributed by atoms with Gasteiger partial charge in [-0.2, -0.15) is 0 Å². The van der Waals surface area contributed by atoms with E-state index in [0.29, 0.717) is 19.8 Å². The summed E-state index contributed by atoms with van der Waals surface area (Å²) in [5.74, 6) is -0.924. The molecule has 2 aliphatic heterocycles. The lowest BCUT2D eigenvalue weighted by molar-refractivity contribution is -0.146. The zero-order valence-electron chi connectivity index (χ0n) is 11.9. The highest BCUT2D eigenvalue weighted by atomic mass is 79.9. The Hall–Kier alpha value is -0.910. The predicted molar refractivity (Wildman–Crippen MR) is 83.0 cm³/mol. The SMILES string of the molecule is O=C(O)[C@H]1CN(Cc2ccc(Br)cc2)CC12CCOCC2. The minimum absolute atomic E-state index is 0.0978. The monoisotopic (exact) mass is 353 g/mol. The van der Waals surface area contributed by atoms with Gasteiger partial charge >= 0.3 is 5.97 Å². The summed E-state index contributed by atoms with van der Waals surface area (Å²) in [6.07, 6.45) is 1.72. The number of halogens is 1. The third-order valence-corrected chi connectivity index (χ3v) is 5.35. The first-order valence-electron chi connectivity index (χ1n) is 7.36. The molecule has 1 atom stereocenters. The van der Waals surface area contributed by atoms with E-state index in [9.17, 15) is 9.90 Å². The summed E-state index contributed by atoms with van der Waals surface area (Å²) < 4.78 is 6.50. The van der Waals surface area contributed by atoms with Crippen LogP contribution in [0.5, 0.6) is 0 Å². The Balaban J connectivity index is 1.73. The lowest BCUT2D eigenvalue weighted by Crippen LogP contribution is -2.40. The number of benzene rings is 1. The van der Waals surface area contributed by atoms with Crippen molar-refractivity contribution in [1.82, 2.24) is 4.90 Å². The van der Waals surface area contributed by atoms with Crippen molar-refractivity contribution in [2.45, 2.75) is 19.4 Å². The molecule has 0 radical (unpaired) electrons. The molecule has 0 saturated carbocycles. The third-order valence-electron chi connectivity index (χ3n) is 4.82. The second-order valence-electron chi connectivity index (χ2n) is 6.16. The Morgan fingerprint density at radius 1 is 1.33 bits per heavy atom. The summed E-state index contributed by atoms with van der Waals surface area (Å²) in [5.41, 5.74) is 1.13. The van der Waals surface area contributed by atoms with Gasteiger partial charge in [-0.3, -0.25) is 9.69 Å². The van der Waals surface area contributed by atoms with E-state index in [1.54, 1.807) is 0 Å². The van der Waals surface area contributed by atoms with Crippen molar-refractivity contribution >= 4 is 21.9 Å². The average molecular weight is 354 g/mol. The van der Waals surface area contributed by atoms with Gasteiger partial charge in [-0.05, 0) is 30.5 Å². The summed E-state index contributed by atoms with van der Waals surface area (Å²) in [7, 11) is 0. The van der Waals surface area contributed by atoms with Crippen LogP contribution in [0, 0.1) is 11.3 Å². The molecule has 0 bridgehead atoms. The largest absolute Gasteiger partial charge is 0.481 e. The number of aliphatic carboxylic acids is 1. The number of hydrogen-bond acceptors (Lipinski definition) is 3. The number of rotatable bonds is 3. The van der Waals surface area contributed by atoms with Crippen molar-refractivity contribution in [3.05, 3.63) is 34.3 Å². The summed E-state index contributed by atoms with van der Waals surface area (Å²) in [5, 5.41) is 9.58. The summed E-state index contributed by atoms with van der Waals surface area (Å²) >= 11 is 3.44. The molecule has 114 valence electrons. The number of likely N-dealkylation sites (tertiary alicyclic amines) is 1. The van der Waals surface area contributed by atoms with Crippen molar-refractivity contribution in [3.63, 3.8) is 0 Å². The highest BCUT2D eigenvalue weighted by Crippen LogP contribution is 2.44. The van der Waals surface area contributed by atoms with Crippen LogP contribution in [0.3, 0.4) is 0 Å². The zero-order valence-corrected chi connectivity index (χ0v) is 13.5. The van der Waals surface area contributed by atoms with Gasteiger partial charge in [-0.25, -0.2) is 0 Å². The van der Waals surface area contributed by atoms with E-state index in [-0.39, 0.29) is 11.3 Å². The number of hydrogen-bond donors (Lipinski definition) is 1. The highest BCUT2D eigenvalue weighted by Gasteiger charge is 2.50. The number of ether oxygens (including phenoxy) is 1. The fourth-order valence-corrected chi connectivity index (χ4v) is 3.93. The van der Waals surface area contributed by atoms with E-state index >= 15 is 0 Å². The zero-order chi connectivity index (χ0) is 14.9. The second-order valence-corrected chi connectivity index (χ2v) is 7.08. The lowest BCUT2D eigenvalue weighted by Gasteiger charge is -2.36. The molecule has 0 aromatic heterocycles. The Bertz CT molecular complexity index is 511. The van der Waals surface area contributed by atoms with Crippen LogP contribution in [-0.2, 0) is 16.1 Å². The Morgan fingerprint density at radius 2 is 2.00 bits per heavy atom. The van der Waals surface area contributed by atoms with Gasteiger partial charge in [0.2, 0.25) is 0 Å². The molecule has 5 heteroatoms. The predicted octanol–water partition coefficient (Wildman–Crippen LogP) is 2.76. The molecule has 3 rings (SSSR count). The molecular formula is C16H20BrNO3. The minimum Gasteiger partial charge on any atom is -0.481 e. The summed E-state index contributed by atoms with van der Waals surface area (Å²) in [6.45, 7) is 3.71. The molecule has 1 aromatic carbocycles. The fourth-order valence-electron chi connectivity index (χ4n) is 3.66. The summed E-state index contributed by atoms with van der Waals surface area (Å²) in [4.78, 5) is 13.9. The molecule has 0 amide bonds. The van der Waals surface area contributed by atoms with Gasteiger partial charge in [-0.15, -0.1) is 0 Å². The number of carbonyl (C=O) groups is 1. The van der Waals surface area contributed by atoms with Gasteiger partial charge in [0.1, 0.15) is 0 Å². The van der Waals surface area contributed by atoms with Gasteiger partial charge in [0.05, 0.1) is 5.92 Å². The molecule has 1 N–H and O–H groups in total. The highest BCUT2D eigenvalue weighted by molar-refractivity contribution is 9.10. The first-order valence-corrected chi connectivity index (χ1v) is 8.16. The Morgan fingerprint density at radius 3 is 2.62 bits per heavy atom. The number of nitrogens with zero attached hydrogens (tertiary/aromatic N) is 1. The van der Waals surface area contributed by atoms with Crippen molar-refractivity contribution in [3.8, 4) is 0 Å². The van der Waals surface area contributed by atoms with Gasteiger partial charge < -0.3 is 9.84 Å². The standard InChI is InChI=1S/C16H20BrNO3/c17-13-3-1-12(2-4-13)9-18-10-14(15(19)20)16(11-18)5-7-21-8-6-16/h1-4,14H,5-11H2,(H,19,20)/t14-/m1/s1. The Labute approximate surface area is 133 Å². The molecule has 1 aromatic rings. The van der Waals surface area contributed by atoms with E-state index in [1.165, 1.54) is 5.56 Å². The fraction of sp³-hybridized carbons (Fsp3) is 0.562.